The lowest BCUT2D eigenvalue weighted by Crippen LogP contribution is -2.20. The Bertz CT molecular complexity index is 784. The molecule has 0 aliphatic heterocycles. The topological polar surface area (TPSA) is 52.6 Å². The molecule has 0 aliphatic carbocycles. The molecule has 2 unspecified atom stereocenters. The van der Waals surface area contributed by atoms with Crippen LogP contribution in [0.2, 0.25) is 0 Å². The van der Waals surface area contributed by atoms with E-state index in [0.717, 1.165) is 0 Å². The largest absolute Gasteiger partial charge is 0.462 e. The Labute approximate surface area is 192 Å². The molecule has 2 rings (SSSR count). The van der Waals surface area contributed by atoms with E-state index in [1.165, 1.54) is 11.1 Å². The molecule has 0 bridgehead atoms. The molecule has 172 valence electrons. The zero-order valence-corrected chi connectivity index (χ0v) is 19.8. The summed E-state index contributed by atoms with van der Waals surface area (Å²) in [7, 11) is 0. The molecule has 0 aromatic heterocycles. The molecule has 0 spiro atoms. The van der Waals surface area contributed by atoms with Crippen molar-refractivity contribution in [3.8, 4) is 0 Å². The third-order valence-corrected chi connectivity index (χ3v) is 5.88. The van der Waals surface area contributed by atoms with Crippen molar-refractivity contribution in [2.24, 2.45) is 11.8 Å². The van der Waals surface area contributed by atoms with Crippen molar-refractivity contribution in [1.29, 1.82) is 0 Å². The molecule has 0 saturated heterocycles. The summed E-state index contributed by atoms with van der Waals surface area (Å²) < 4.78 is 10.6. The summed E-state index contributed by atoms with van der Waals surface area (Å²) in [6, 6.07) is 20.4. The average molecular weight is 437 g/mol. The molecule has 0 aliphatic rings. The van der Waals surface area contributed by atoms with Crippen LogP contribution in [0.25, 0.3) is 0 Å². The highest BCUT2D eigenvalue weighted by atomic mass is 16.6. The SMILES string of the molecule is C=C(C(=O)OCCC(c1ccccc1)C(C)C)C(=O)OCCC(c1ccccc1)C(C)C. The fraction of sp³-hybridized carbons (Fsp3) is 0.429. The Morgan fingerprint density at radius 1 is 0.688 bits per heavy atom. The molecule has 0 heterocycles. The van der Waals surface area contributed by atoms with E-state index in [0.29, 0.717) is 24.7 Å². The van der Waals surface area contributed by atoms with E-state index in [4.69, 9.17) is 9.47 Å². The fourth-order valence-electron chi connectivity index (χ4n) is 3.99. The molecule has 0 amide bonds. The number of benzene rings is 2. The van der Waals surface area contributed by atoms with Gasteiger partial charge < -0.3 is 9.47 Å². The first kappa shape index (κ1) is 25.4. The standard InChI is InChI=1S/C28H36O4/c1-20(2)25(23-12-8-6-9-13-23)16-18-31-27(29)22(5)28(30)32-19-17-26(21(3)4)24-14-10-7-11-15-24/h6-15,20-21,25-26H,5,16-19H2,1-4H3. The van der Waals surface area contributed by atoms with Gasteiger partial charge in [-0.1, -0.05) is 94.9 Å². The van der Waals surface area contributed by atoms with Gasteiger partial charge in [-0.3, -0.25) is 0 Å². The van der Waals surface area contributed by atoms with E-state index in [-0.39, 0.29) is 30.6 Å². The minimum atomic E-state index is -0.714. The van der Waals surface area contributed by atoms with Gasteiger partial charge in [0, 0.05) is 0 Å². The first-order chi connectivity index (χ1) is 15.3. The van der Waals surface area contributed by atoms with Crippen LogP contribution >= 0.6 is 0 Å². The maximum Gasteiger partial charge on any atom is 0.344 e. The minimum absolute atomic E-state index is 0.228. The molecule has 2 aromatic rings. The molecule has 4 nitrogen and oxygen atoms in total. The van der Waals surface area contributed by atoms with Crippen molar-refractivity contribution < 1.29 is 19.1 Å². The van der Waals surface area contributed by atoms with Crippen LogP contribution in [0.15, 0.2) is 72.8 Å². The lowest BCUT2D eigenvalue weighted by Gasteiger charge is -2.21. The Morgan fingerprint density at radius 3 is 1.34 bits per heavy atom. The highest BCUT2D eigenvalue weighted by Gasteiger charge is 2.22. The third kappa shape index (κ3) is 7.67. The number of rotatable bonds is 12. The van der Waals surface area contributed by atoms with E-state index in [1.807, 2.05) is 36.4 Å². The van der Waals surface area contributed by atoms with Gasteiger partial charge in [0.15, 0.2) is 0 Å². The maximum atomic E-state index is 12.3. The smallest absolute Gasteiger partial charge is 0.344 e. The van der Waals surface area contributed by atoms with Gasteiger partial charge in [-0.2, -0.15) is 0 Å². The second-order valence-corrected chi connectivity index (χ2v) is 8.85. The monoisotopic (exact) mass is 436 g/mol. The van der Waals surface area contributed by atoms with Gasteiger partial charge in [-0.15, -0.1) is 0 Å². The van der Waals surface area contributed by atoms with Crippen molar-refractivity contribution in [2.45, 2.75) is 52.4 Å². The summed E-state index contributed by atoms with van der Waals surface area (Å²) in [6.07, 6.45) is 1.37. The van der Waals surface area contributed by atoms with Crippen molar-refractivity contribution in [1.82, 2.24) is 0 Å². The summed E-state index contributed by atoms with van der Waals surface area (Å²) >= 11 is 0. The lowest BCUT2D eigenvalue weighted by molar-refractivity contribution is -0.147. The first-order valence-corrected chi connectivity index (χ1v) is 11.4. The highest BCUT2D eigenvalue weighted by molar-refractivity contribution is 6.13. The van der Waals surface area contributed by atoms with Gasteiger partial charge in [-0.05, 0) is 47.6 Å². The minimum Gasteiger partial charge on any atom is -0.462 e. The van der Waals surface area contributed by atoms with Gasteiger partial charge in [-0.25, -0.2) is 9.59 Å². The second-order valence-electron chi connectivity index (χ2n) is 8.85. The molecule has 0 N–H and O–H groups in total. The van der Waals surface area contributed by atoms with Gasteiger partial charge >= 0.3 is 11.9 Å². The molecule has 4 heteroatoms. The van der Waals surface area contributed by atoms with E-state index in [2.05, 4.69) is 58.5 Å². The zero-order valence-electron chi connectivity index (χ0n) is 19.8. The van der Waals surface area contributed by atoms with Crippen LogP contribution in [0.1, 0.15) is 63.5 Å². The summed E-state index contributed by atoms with van der Waals surface area (Å²) in [5.74, 6) is -0.0704. The van der Waals surface area contributed by atoms with Crippen LogP contribution in [0.4, 0.5) is 0 Å². The quantitative estimate of drug-likeness (QED) is 0.170. The number of carbonyl (C=O) groups excluding carboxylic acids is 2. The number of hydrogen-bond donors (Lipinski definition) is 0. The Morgan fingerprint density at radius 2 is 1.03 bits per heavy atom. The van der Waals surface area contributed by atoms with Gasteiger partial charge in [0.25, 0.3) is 0 Å². The van der Waals surface area contributed by atoms with Crippen LogP contribution in [0, 0.1) is 11.8 Å². The average Bonchev–Trinajstić information content (AvgIpc) is 2.79. The Hall–Kier alpha value is -2.88. The number of carbonyl (C=O) groups is 2. The maximum absolute atomic E-state index is 12.3. The van der Waals surface area contributed by atoms with E-state index in [9.17, 15) is 9.59 Å². The normalized spacial score (nSPS) is 12.9. The molecule has 0 saturated carbocycles. The number of esters is 2. The second kappa shape index (κ2) is 12.8. The summed E-state index contributed by atoms with van der Waals surface area (Å²) in [5.41, 5.74) is 2.18. The molecule has 2 atom stereocenters. The molecule has 2 aromatic carbocycles. The highest BCUT2D eigenvalue weighted by Crippen LogP contribution is 2.28. The molecular formula is C28H36O4. The van der Waals surface area contributed by atoms with Crippen LogP contribution in [0.5, 0.6) is 0 Å². The summed E-state index contributed by atoms with van der Waals surface area (Å²) in [6.45, 7) is 12.6. The summed E-state index contributed by atoms with van der Waals surface area (Å²) in [5, 5.41) is 0. The van der Waals surface area contributed by atoms with Crippen molar-refractivity contribution in [3.63, 3.8) is 0 Å². The van der Waals surface area contributed by atoms with Crippen LogP contribution in [0.3, 0.4) is 0 Å². The van der Waals surface area contributed by atoms with Crippen molar-refractivity contribution >= 4 is 11.9 Å². The van der Waals surface area contributed by atoms with E-state index < -0.39 is 11.9 Å². The van der Waals surface area contributed by atoms with Gasteiger partial charge in [0.1, 0.15) is 5.57 Å². The predicted octanol–water partition coefficient (Wildman–Crippen LogP) is 6.29. The van der Waals surface area contributed by atoms with E-state index in [1.54, 1.807) is 0 Å². The van der Waals surface area contributed by atoms with Gasteiger partial charge in [0.05, 0.1) is 13.2 Å². The molecule has 32 heavy (non-hydrogen) atoms. The van der Waals surface area contributed by atoms with Crippen LogP contribution in [-0.4, -0.2) is 25.2 Å². The Balaban J connectivity index is 1.79. The molecule has 0 radical (unpaired) electrons. The number of hydrogen-bond acceptors (Lipinski definition) is 4. The van der Waals surface area contributed by atoms with Crippen LogP contribution in [-0.2, 0) is 19.1 Å². The van der Waals surface area contributed by atoms with Crippen molar-refractivity contribution in [2.75, 3.05) is 13.2 Å². The summed E-state index contributed by atoms with van der Waals surface area (Å²) in [4.78, 5) is 24.6. The Kier molecular flexibility index (Phi) is 10.2. The lowest BCUT2D eigenvalue weighted by atomic mass is 9.86. The van der Waals surface area contributed by atoms with E-state index >= 15 is 0 Å². The molecule has 0 fully saturated rings. The predicted molar refractivity (Wildman–Crippen MR) is 128 cm³/mol. The first-order valence-electron chi connectivity index (χ1n) is 11.4. The number of ether oxygens (including phenoxy) is 2. The third-order valence-electron chi connectivity index (χ3n) is 5.88. The van der Waals surface area contributed by atoms with Crippen LogP contribution < -0.4 is 0 Å². The zero-order chi connectivity index (χ0) is 23.5. The van der Waals surface area contributed by atoms with Gasteiger partial charge in [0.2, 0.25) is 0 Å². The molecular weight excluding hydrogens is 400 g/mol. The fourth-order valence-corrected chi connectivity index (χ4v) is 3.99. The van der Waals surface area contributed by atoms with Crippen molar-refractivity contribution in [3.05, 3.63) is 83.9 Å².